The topological polar surface area (TPSA) is 28.2 Å². The van der Waals surface area contributed by atoms with Crippen LogP contribution in [0, 0.1) is 5.92 Å². The van der Waals surface area contributed by atoms with Crippen LogP contribution in [0.4, 0.5) is 0 Å². The molecule has 0 aliphatic rings. The van der Waals surface area contributed by atoms with Gasteiger partial charge in [-0.15, -0.1) is 11.3 Å². The lowest BCUT2D eigenvalue weighted by molar-refractivity contribution is 0.224. The molecule has 0 aliphatic carbocycles. The first-order valence-corrected chi connectivity index (χ1v) is 9.16. The standard InChI is InChI=1S/C17H33N3S/c1-7-14(8-2)11-20(9-3)12-15-13-21-16(19-15)10-18-17(4,5)6/h13-14,18H,7-12H2,1-6H3. The van der Waals surface area contributed by atoms with Gasteiger partial charge >= 0.3 is 0 Å². The summed E-state index contributed by atoms with van der Waals surface area (Å²) in [5.74, 6) is 0.811. The van der Waals surface area contributed by atoms with Crippen LogP contribution in [0.15, 0.2) is 5.38 Å². The molecule has 3 nitrogen and oxygen atoms in total. The molecule has 0 radical (unpaired) electrons. The van der Waals surface area contributed by atoms with Crippen molar-refractivity contribution in [3.8, 4) is 0 Å². The first-order chi connectivity index (χ1) is 9.87. The van der Waals surface area contributed by atoms with Crippen LogP contribution >= 0.6 is 11.3 Å². The van der Waals surface area contributed by atoms with Gasteiger partial charge in [0.1, 0.15) is 5.01 Å². The molecule has 1 N–H and O–H groups in total. The highest BCUT2D eigenvalue weighted by atomic mass is 32.1. The van der Waals surface area contributed by atoms with Gasteiger partial charge in [0, 0.05) is 30.6 Å². The zero-order chi connectivity index (χ0) is 15.9. The van der Waals surface area contributed by atoms with Gasteiger partial charge in [-0.1, -0.05) is 33.6 Å². The van der Waals surface area contributed by atoms with Crippen molar-refractivity contribution in [3.63, 3.8) is 0 Å². The molecule has 1 aromatic heterocycles. The van der Waals surface area contributed by atoms with Gasteiger partial charge in [-0.2, -0.15) is 0 Å². The summed E-state index contributed by atoms with van der Waals surface area (Å²) in [5.41, 5.74) is 1.37. The molecule has 0 atom stereocenters. The van der Waals surface area contributed by atoms with Gasteiger partial charge in [0.25, 0.3) is 0 Å². The molecule has 1 rings (SSSR count). The van der Waals surface area contributed by atoms with Crippen LogP contribution < -0.4 is 5.32 Å². The molecule has 122 valence electrons. The second kappa shape index (κ2) is 8.86. The van der Waals surface area contributed by atoms with E-state index >= 15 is 0 Å². The summed E-state index contributed by atoms with van der Waals surface area (Å²) in [6.07, 6.45) is 2.54. The monoisotopic (exact) mass is 311 g/mol. The maximum absolute atomic E-state index is 4.77. The summed E-state index contributed by atoms with van der Waals surface area (Å²) in [6.45, 7) is 17.5. The van der Waals surface area contributed by atoms with Crippen LogP contribution in [0.3, 0.4) is 0 Å². The third-order valence-corrected chi connectivity index (χ3v) is 4.77. The zero-order valence-electron chi connectivity index (χ0n) is 14.7. The molecule has 0 saturated carbocycles. The van der Waals surface area contributed by atoms with Gasteiger partial charge in [-0.25, -0.2) is 4.98 Å². The second-order valence-electron chi connectivity index (χ2n) is 6.85. The van der Waals surface area contributed by atoms with Crippen molar-refractivity contribution in [1.29, 1.82) is 0 Å². The number of hydrogen-bond donors (Lipinski definition) is 1. The number of hydrogen-bond acceptors (Lipinski definition) is 4. The normalized spacial score (nSPS) is 12.6. The summed E-state index contributed by atoms with van der Waals surface area (Å²) in [7, 11) is 0. The fourth-order valence-electron chi connectivity index (χ4n) is 2.29. The molecule has 0 aliphatic heterocycles. The highest BCUT2D eigenvalue weighted by Crippen LogP contribution is 2.15. The predicted octanol–water partition coefficient (Wildman–Crippen LogP) is 4.29. The summed E-state index contributed by atoms with van der Waals surface area (Å²) in [4.78, 5) is 7.30. The van der Waals surface area contributed by atoms with E-state index in [0.717, 1.165) is 25.6 Å². The van der Waals surface area contributed by atoms with Gasteiger partial charge in [0.15, 0.2) is 0 Å². The quantitative estimate of drug-likeness (QED) is 0.737. The van der Waals surface area contributed by atoms with Gasteiger partial charge in [0.05, 0.1) is 5.69 Å². The van der Waals surface area contributed by atoms with E-state index in [2.05, 4.69) is 57.1 Å². The third-order valence-electron chi connectivity index (χ3n) is 3.87. The molecule has 4 heteroatoms. The smallest absolute Gasteiger partial charge is 0.107 e. The molecule has 0 saturated heterocycles. The third kappa shape index (κ3) is 7.39. The van der Waals surface area contributed by atoms with Crippen molar-refractivity contribution in [2.75, 3.05) is 13.1 Å². The Morgan fingerprint density at radius 2 is 1.90 bits per heavy atom. The van der Waals surface area contributed by atoms with Gasteiger partial charge in [0.2, 0.25) is 0 Å². The Bertz CT molecular complexity index is 391. The number of thiazole rings is 1. The highest BCUT2D eigenvalue weighted by Gasteiger charge is 2.13. The Hall–Kier alpha value is -0.450. The lowest BCUT2D eigenvalue weighted by Gasteiger charge is -2.24. The van der Waals surface area contributed by atoms with Crippen LogP contribution in [0.25, 0.3) is 0 Å². The summed E-state index contributed by atoms with van der Waals surface area (Å²) < 4.78 is 0. The van der Waals surface area contributed by atoms with Crippen LogP contribution in [-0.2, 0) is 13.1 Å². The average Bonchev–Trinajstić information content (AvgIpc) is 2.88. The number of aromatic nitrogens is 1. The van der Waals surface area contributed by atoms with E-state index in [-0.39, 0.29) is 5.54 Å². The Labute approximate surface area is 135 Å². The van der Waals surface area contributed by atoms with Crippen LogP contribution in [0.5, 0.6) is 0 Å². The second-order valence-corrected chi connectivity index (χ2v) is 7.79. The summed E-state index contributed by atoms with van der Waals surface area (Å²) in [5, 5.41) is 6.91. The van der Waals surface area contributed by atoms with E-state index in [4.69, 9.17) is 4.98 Å². The van der Waals surface area contributed by atoms with Crippen molar-refractivity contribution in [1.82, 2.24) is 15.2 Å². The molecule has 0 fully saturated rings. The lowest BCUT2D eigenvalue weighted by Crippen LogP contribution is -2.35. The van der Waals surface area contributed by atoms with Crippen molar-refractivity contribution in [2.24, 2.45) is 5.92 Å². The number of nitrogens with one attached hydrogen (secondary N) is 1. The van der Waals surface area contributed by atoms with Gasteiger partial charge in [-0.3, -0.25) is 4.90 Å². The zero-order valence-corrected chi connectivity index (χ0v) is 15.5. The minimum Gasteiger partial charge on any atom is -0.306 e. The molecule has 0 amide bonds. The van der Waals surface area contributed by atoms with Crippen LogP contribution in [0.1, 0.15) is 65.1 Å². The van der Waals surface area contributed by atoms with E-state index in [9.17, 15) is 0 Å². The molecule has 0 unspecified atom stereocenters. The SMILES string of the molecule is CCC(CC)CN(CC)Cc1csc(CNC(C)(C)C)n1. The van der Waals surface area contributed by atoms with Crippen molar-refractivity contribution in [3.05, 3.63) is 16.1 Å². The number of rotatable bonds is 9. The Morgan fingerprint density at radius 3 is 2.43 bits per heavy atom. The first kappa shape index (κ1) is 18.6. The Kier molecular flexibility index (Phi) is 7.85. The molecular formula is C17H33N3S. The van der Waals surface area contributed by atoms with Crippen molar-refractivity contribution in [2.45, 2.75) is 73.0 Å². The summed E-state index contributed by atoms with van der Waals surface area (Å²) in [6, 6.07) is 0. The Morgan fingerprint density at radius 1 is 1.24 bits per heavy atom. The minimum atomic E-state index is 0.150. The first-order valence-electron chi connectivity index (χ1n) is 8.28. The minimum absolute atomic E-state index is 0.150. The lowest BCUT2D eigenvalue weighted by atomic mass is 10.0. The highest BCUT2D eigenvalue weighted by molar-refractivity contribution is 7.09. The largest absolute Gasteiger partial charge is 0.306 e. The van der Waals surface area contributed by atoms with Crippen molar-refractivity contribution < 1.29 is 0 Å². The molecule has 0 spiro atoms. The maximum atomic E-state index is 4.77. The molecule has 1 aromatic rings. The molecule has 1 heterocycles. The fourth-order valence-corrected chi connectivity index (χ4v) is 3.01. The fraction of sp³-hybridized carbons (Fsp3) is 0.824. The van der Waals surface area contributed by atoms with E-state index < -0.39 is 0 Å². The molecule has 0 aromatic carbocycles. The predicted molar refractivity (Wildman–Crippen MR) is 93.7 cm³/mol. The van der Waals surface area contributed by atoms with Gasteiger partial charge < -0.3 is 5.32 Å². The molecule has 0 bridgehead atoms. The Balaban J connectivity index is 2.51. The summed E-state index contributed by atoms with van der Waals surface area (Å²) >= 11 is 1.77. The average molecular weight is 312 g/mol. The molecule has 21 heavy (non-hydrogen) atoms. The van der Waals surface area contributed by atoms with E-state index in [1.807, 2.05) is 0 Å². The van der Waals surface area contributed by atoms with Gasteiger partial charge in [-0.05, 0) is 33.2 Å². The van der Waals surface area contributed by atoms with E-state index in [0.29, 0.717) is 0 Å². The van der Waals surface area contributed by atoms with Crippen molar-refractivity contribution >= 4 is 11.3 Å². The van der Waals surface area contributed by atoms with Crippen LogP contribution in [-0.4, -0.2) is 28.5 Å². The van der Waals surface area contributed by atoms with E-state index in [1.165, 1.54) is 30.1 Å². The maximum Gasteiger partial charge on any atom is 0.107 e. The van der Waals surface area contributed by atoms with E-state index in [1.54, 1.807) is 11.3 Å². The molecular weight excluding hydrogens is 278 g/mol. The van der Waals surface area contributed by atoms with Crippen LogP contribution in [0.2, 0.25) is 0 Å². The number of nitrogens with zero attached hydrogens (tertiary/aromatic N) is 2.